The molecule has 148 valence electrons. The van der Waals surface area contributed by atoms with Crippen LogP contribution in [0.25, 0.3) is 0 Å². The zero-order valence-corrected chi connectivity index (χ0v) is 16.6. The number of piperidine rings is 1. The first-order valence-electron chi connectivity index (χ1n) is 9.24. The SMILES string of the molecule is Cc1ccc(C(=O)N2CCCC(C(=O)N3CCOCC3)C2)cc1S(C)(=O)=O. The maximum absolute atomic E-state index is 12.9. The molecule has 27 heavy (non-hydrogen) atoms. The molecule has 2 aliphatic heterocycles. The summed E-state index contributed by atoms with van der Waals surface area (Å²) in [5.74, 6) is -0.350. The Labute approximate surface area is 160 Å². The van der Waals surface area contributed by atoms with Crippen LogP contribution in [-0.2, 0) is 19.4 Å². The Bertz CT molecular complexity index is 831. The Morgan fingerprint density at radius 3 is 2.48 bits per heavy atom. The molecule has 3 rings (SSSR count). The Balaban J connectivity index is 1.74. The average molecular weight is 394 g/mol. The van der Waals surface area contributed by atoms with Crippen molar-refractivity contribution in [3.05, 3.63) is 29.3 Å². The molecule has 1 aromatic carbocycles. The predicted molar refractivity (Wildman–Crippen MR) is 100 cm³/mol. The average Bonchev–Trinajstić information content (AvgIpc) is 2.67. The van der Waals surface area contributed by atoms with Gasteiger partial charge in [0.25, 0.3) is 5.91 Å². The quantitative estimate of drug-likeness (QED) is 0.767. The lowest BCUT2D eigenvalue weighted by Crippen LogP contribution is -2.49. The van der Waals surface area contributed by atoms with Crippen molar-refractivity contribution in [3.63, 3.8) is 0 Å². The van der Waals surface area contributed by atoms with E-state index in [0.29, 0.717) is 50.5 Å². The highest BCUT2D eigenvalue weighted by Crippen LogP contribution is 2.23. The maximum Gasteiger partial charge on any atom is 0.253 e. The zero-order chi connectivity index (χ0) is 19.6. The number of hydrogen-bond acceptors (Lipinski definition) is 5. The van der Waals surface area contributed by atoms with Crippen molar-refractivity contribution in [3.8, 4) is 0 Å². The first kappa shape index (κ1) is 19.8. The van der Waals surface area contributed by atoms with Crippen LogP contribution in [0, 0.1) is 12.8 Å². The van der Waals surface area contributed by atoms with E-state index in [9.17, 15) is 18.0 Å². The van der Waals surface area contributed by atoms with Gasteiger partial charge >= 0.3 is 0 Å². The van der Waals surface area contributed by atoms with Crippen molar-refractivity contribution >= 4 is 21.7 Å². The minimum atomic E-state index is -3.40. The van der Waals surface area contributed by atoms with Crippen LogP contribution >= 0.6 is 0 Å². The van der Waals surface area contributed by atoms with Crippen molar-refractivity contribution < 1.29 is 22.7 Å². The number of amides is 2. The third-order valence-electron chi connectivity index (χ3n) is 5.22. The maximum atomic E-state index is 12.9. The van der Waals surface area contributed by atoms with Gasteiger partial charge in [0.1, 0.15) is 0 Å². The summed E-state index contributed by atoms with van der Waals surface area (Å²) in [6.45, 7) is 4.96. The minimum absolute atomic E-state index is 0.0801. The number of hydrogen-bond donors (Lipinski definition) is 0. The number of carbonyl (C=O) groups excluding carboxylic acids is 2. The van der Waals surface area contributed by atoms with Crippen LogP contribution in [0.1, 0.15) is 28.8 Å². The molecule has 2 fully saturated rings. The van der Waals surface area contributed by atoms with Crippen LogP contribution < -0.4 is 0 Å². The molecule has 0 saturated carbocycles. The predicted octanol–water partition coefficient (Wildman–Crippen LogP) is 1.11. The number of aryl methyl sites for hydroxylation is 1. The number of benzene rings is 1. The highest BCUT2D eigenvalue weighted by atomic mass is 32.2. The Morgan fingerprint density at radius 1 is 1.11 bits per heavy atom. The summed E-state index contributed by atoms with van der Waals surface area (Å²) in [5.41, 5.74) is 0.966. The van der Waals surface area contributed by atoms with E-state index in [-0.39, 0.29) is 22.6 Å². The molecular formula is C19H26N2O5S. The van der Waals surface area contributed by atoms with Crippen LogP contribution in [0.5, 0.6) is 0 Å². The molecule has 0 N–H and O–H groups in total. The Kier molecular flexibility index (Phi) is 5.86. The van der Waals surface area contributed by atoms with Crippen molar-refractivity contribution in [1.82, 2.24) is 9.80 Å². The fraction of sp³-hybridized carbons (Fsp3) is 0.579. The second-order valence-electron chi connectivity index (χ2n) is 7.28. The zero-order valence-electron chi connectivity index (χ0n) is 15.8. The summed E-state index contributed by atoms with van der Waals surface area (Å²) in [7, 11) is -3.40. The van der Waals surface area contributed by atoms with Crippen LogP contribution in [0.15, 0.2) is 23.1 Å². The second-order valence-corrected chi connectivity index (χ2v) is 9.26. The molecule has 1 aromatic rings. The number of nitrogens with zero attached hydrogens (tertiary/aromatic N) is 2. The van der Waals surface area contributed by atoms with E-state index in [1.807, 2.05) is 4.90 Å². The lowest BCUT2D eigenvalue weighted by atomic mass is 9.95. The van der Waals surface area contributed by atoms with Gasteiger partial charge in [-0.15, -0.1) is 0 Å². The monoisotopic (exact) mass is 394 g/mol. The van der Waals surface area contributed by atoms with Gasteiger partial charge in [-0.05, 0) is 37.5 Å². The summed E-state index contributed by atoms with van der Waals surface area (Å²) in [6.07, 6.45) is 2.67. The number of carbonyl (C=O) groups is 2. The highest BCUT2D eigenvalue weighted by molar-refractivity contribution is 7.90. The normalized spacial score (nSPS) is 21.2. The van der Waals surface area contributed by atoms with Gasteiger partial charge in [-0.3, -0.25) is 9.59 Å². The van der Waals surface area contributed by atoms with E-state index >= 15 is 0 Å². The van der Waals surface area contributed by atoms with Crippen LogP contribution in [0.3, 0.4) is 0 Å². The van der Waals surface area contributed by atoms with Crippen molar-refractivity contribution in [2.75, 3.05) is 45.6 Å². The van der Waals surface area contributed by atoms with Crippen molar-refractivity contribution in [2.24, 2.45) is 5.92 Å². The molecule has 8 heteroatoms. The van der Waals surface area contributed by atoms with Gasteiger partial charge in [0, 0.05) is 38.0 Å². The number of rotatable bonds is 3. The number of sulfone groups is 1. The molecular weight excluding hydrogens is 368 g/mol. The molecule has 7 nitrogen and oxygen atoms in total. The van der Waals surface area contributed by atoms with Crippen LogP contribution in [-0.4, -0.2) is 75.7 Å². The third-order valence-corrected chi connectivity index (χ3v) is 6.45. The summed E-state index contributed by atoms with van der Waals surface area (Å²) >= 11 is 0. The van der Waals surface area contributed by atoms with Gasteiger partial charge < -0.3 is 14.5 Å². The summed E-state index contributed by atoms with van der Waals surface area (Å²) < 4.78 is 29.2. The second kappa shape index (κ2) is 7.98. The van der Waals surface area contributed by atoms with Crippen molar-refractivity contribution in [2.45, 2.75) is 24.7 Å². The van der Waals surface area contributed by atoms with E-state index in [1.54, 1.807) is 24.0 Å². The lowest BCUT2D eigenvalue weighted by Gasteiger charge is -2.36. The molecule has 0 aromatic heterocycles. The smallest absolute Gasteiger partial charge is 0.253 e. The third kappa shape index (κ3) is 4.50. The fourth-order valence-corrected chi connectivity index (χ4v) is 4.71. The summed E-state index contributed by atoms with van der Waals surface area (Å²) in [6, 6.07) is 4.75. The molecule has 2 amide bonds. The van der Waals surface area contributed by atoms with Gasteiger partial charge in [-0.25, -0.2) is 8.42 Å². The van der Waals surface area contributed by atoms with E-state index in [0.717, 1.165) is 19.1 Å². The van der Waals surface area contributed by atoms with Crippen LogP contribution in [0.4, 0.5) is 0 Å². The highest BCUT2D eigenvalue weighted by Gasteiger charge is 2.32. The van der Waals surface area contributed by atoms with E-state index in [2.05, 4.69) is 0 Å². The molecule has 1 atom stereocenters. The summed E-state index contributed by atoms with van der Waals surface area (Å²) in [5, 5.41) is 0. The Hall–Kier alpha value is -1.93. The topological polar surface area (TPSA) is 84.0 Å². The molecule has 0 aliphatic carbocycles. The lowest BCUT2D eigenvalue weighted by molar-refractivity contribution is -0.141. The molecule has 2 saturated heterocycles. The standard InChI is InChI=1S/C19H26N2O5S/c1-14-5-6-15(12-17(14)27(2,24)25)18(22)21-7-3-4-16(13-21)19(23)20-8-10-26-11-9-20/h5-6,12,16H,3-4,7-11,13H2,1-2H3. The molecule has 0 radical (unpaired) electrons. The van der Waals surface area contributed by atoms with Gasteiger partial charge in [-0.2, -0.15) is 0 Å². The number of likely N-dealkylation sites (tertiary alicyclic amines) is 1. The van der Waals surface area contributed by atoms with E-state index < -0.39 is 9.84 Å². The molecule has 0 bridgehead atoms. The Morgan fingerprint density at radius 2 is 1.81 bits per heavy atom. The largest absolute Gasteiger partial charge is 0.378 e. The molecule has 2 aliphatic rings. The van der Waals surface area contributed by atoms with Crippen molar-refractivity contribution in [1.29, 1.82) is 0 Å². The summed E-state index contributed by atoms with van der Waals surface area (Å²) in [4.78, 5) is 29.3. The minimum Gasteiger partial charge on any atom is -0.378 e. The number of ether oxygens (including phenoxy) is 1. The van der Waals surface area contributed by atoms with E-state index in [4.69, 9.17) is 4.74 Å². The van der Waals surface area contributed by atoms with E-state index in [1.165, 1.54) is 6.07 Å². The van der Waals surface area contributed by atoms with Gasteiger partial charge in [0.15, 0.2) is 9.84 Å². The first-order chi connectivity index (χ1) is 12.8. The fourth-order valence-electron chi connectivity index (χ4n) is 3.72. The molecule has 2 heterocycles. The van der Waals surface area contributed by atoms with Crippen LogP contribution in [0.2, 0.25) is 0 Å². The van der Waals surface area contributed by atoms with Gasteiger partial charge in [0.2, 0.25) is 5.91 Å². The number of morpholine rings is 1. The van der Waals surface area contributed by atoms with Gasteiger partial charge in [0.05, 0.1) is 24.0 Å². The molecule has 0 spiro atoms. The van der Waals surface area contributed by atoms with Gasteiger partial charge in [-0.1, -0.05) is 6.07 Å². The molecule has 1 unspecified atom stereocenters. The first-order valence-corrected chi connectivity index (χ1v) is 11.1.